The van der Waals surface area contributed by atoms with Crippen molar-refractivity contribution in [1.29, 1.82) is 0 Å². The van der Waals surface area contributed by atoms with Crippen molar-refractivity contribution in [3.63, 3.8) is 0 Å². The summed E-state index contributed by atoms with van der Waals surface area (Å²) < 4.78 is 0. The first-order chi connectivity index (χ1) is 8.33. The molecule has 0 heterocycles. The van der Waals surface area contributed by atoms with Crippen molar-refractivity contribution < 1.29 is 4.79 Å². The zero-order chi connectivity index (χ0) is 11.7. The first kappa shape index (κ1) is 10.5. The quantitative estimate of drug-likeness (QED) is 0.773. The fourth-order valence-electron chi connectivity index (χ4n) is 2.38. The van der Waals surface area contributed by atoms with Gasteiger partial charge in [-0.05, 0) is 35.1 Å². The summed E-state index contributed by atoms with van der Waals surface area (Å²) in [5.74, 6) is 1.08. The standard InChI is InChI=1S/C16H16O/c17-15(10-12-8-9-12)11-14-6-3-5-13-4-1-2-7-16(13)14/h1-7,12H,8-11H2. The van der Waals surface area contributed by atoms with Crippen LogP contribution in [0.3, 0.4) is 0 Å². The van der Waals surface area contributed by atoms with Crippen LogP contribution in [0.1, 0.15) is 24.8 Å². The third kappa shape index (κ3) is 2.38. The molecule has 0 saturated heterocycles. The summed E-state index contributed by atoms with van der Waals surface area (Å²) in [4.78, 5) is 11.9. The van der Waals surface area contributed by atoms with Crippen LogP contribution in [0, 0.1) is 5.92 Å². The Labute approximate surface area is 101 Å². The molecule has 0 bridgehead atoms. The van der Waals surface area contributed by atoms with Crippen molar-refractivity contribution in [2.45, 2.75) is 25.7 Å². The smallest absolute Gasteiger partial charge is 0.137 e. The first-order valence-corrected chi connectivity index (χ1v) is 6.31. The molecule has 0 amide bonds. The number of rotatable bonds is 4. The first-order valence-electron chi connectivity index (χ1n) is 6.31. The monoisotopic (exact) mass is 224 g/mol. The number of Topliss-reactive ketones (excluding diaryl/α,β-unsaturated/α-hetero) is 1. The number of ketones is 1. The molecule has 2 aromatic rings. The summed E-state index contributed by atoms with van der Waals surface area (Å²) in [5.41, 5.74) is 1.17. The Hall–Kier alpha value is -1.63. The van der Waals surface area contributed by atoms with Gasteiger partial charge in [-0.1, -0.05) is 42.5 Å². The second kappa shape index (κ2) is 4.33. The van der Waals surface area contributed by atoms with Gasteiger partial charge in [0.2, 0.25) is 0 Å². The highest BCUT2D eigenvalue weighted by molar-refractivity contribution is 5.91. The SMILES string of the molecule is O=C(Cc1cccc2ccccc12)CC1CC1. The second-order valence-corrected chi connectivity index (χ2v) is 5.00. The Morgan fingerprint density at radius 1 is 1.06 bits per heavy atom. The van der Waals surface area contributed by atoms with Crippen molar-refractivity contribution in [3.05, 3.63) is 48.0 Å². The average molecular weight is 224 g/mol. The Balaban J connectivity index is 1.86. The predicted molar refractivity (Wildman–Crippen MR) is 70.0 cm³/mol. The number of carbonyl (C=O) groups is 1. The third-order valence-electron chi connectivity index (χ3n) is 3.48. The lowest BCUT2D eigenvalue weighted by atomic mass is 9.99. The minimum atomic E-state index is 0.392. The molecular weight excluding hydrogens is 208 g/mol. The fourth-order valence-corrected chi connectivity index (χ4v) is 2.38. The van der Waals surface area contributed by atoms with Crippen LogP contribution in [0.5, 0.6) is 0 Å². The Bertz CT molecular complexity index is 547. The van der Waals surface area contributed by atoms with E-state index in [0.29, 0.717) is 18.1 Å². The van der Waals surface area contributed by atoms with Gasteiger partial charge < -0.3 is 0 Å². The molecule has 0 N–H and O–H groups in total. The van der Waals surface area contributed by atoms with Crippen LogP contribution in [0.4, 0.5) is 0 Å². The van der Waals surface area contributed by atoms with Crippen LogP contribution < -0.4 is 0 Å². The van der Waals surface area contributed by atoms with E-state index >= 15 is 0 Å². The number of hydrogen-bond acceptors (Lipinski definition) is 1. The van der Waals surface area contributed by atoms with E-state index in [1.807, 2.05) is 18.2 Å². The summed E-state index contributed by atoms with van der Waals surface area (Å²) in [5, 5.41) is 2.45. The molecule has 0 aliphatic heterocycles. The molecule has 1 heteroatoms. The van der Waals surface area contributed by atoms with Crippen molar-refractivity contribution >= 4 is 16.6 Å². The number of hydrogen-bond donors (Lipinski definition) is 0. The van der Waals surface area contributed by atoms with Gasteiger partial charge in [0.15, 0.2) is 0 Å². The molecule has 17 heavy (non-hydrogen) atoms. The Kier molecular flexibility index (Phi) is 2.68. The van der Waals surface area contributed by atoms with Gasteiger partial charge >= 0.3 is 0 Å². The lowest BCUT2D eigenvalue weighted by molar-refractivity contribution is -0.118. The molecule has 0 unspecified atom stereocenters. The normalized spacial score (nSPS) is 15.1. The molecule has 0 atom stereocenters. The molecule has 1 aliphatic carbocycles. The van der Waals surface area contributed by atoms with E-state index in [9.17, 15) is 4.79 Å². The van der Waals surface area contributed by atoms with Gasteiger partial charge in [0.1, 0.15) is 5.78 Å². The van der Waals surface area contributed by atoms with E-state index in [1.165, 1.54) is 29.2 Å². The Morgan fingerprint density at radius 2 is 1.82 bits per heavy atom. The maximum absolute atomic E-state index is 11.9. The third-order valence-corrected chi connectivity index (χ3v) is 3.48. The van der Waals surface area contributed by atoms with E-state index in [2.05, 4.69) is 24.3 Å². The van der Waals surface area contributed by atoms with Crippen LogP contribution >= 0.6 is 0 Å². The van der Waals surface area contributed by atoms with Gasteiger partial charge in [0.05, 0.1) is 0 Å². The highest BCUT2D eigenvalue weighted by Gasteiger charge is 2.24. The van der Waals surface area contributed by atoms with E-state index < -0.39 is 0 Å². The van der Waals surface area contributed by atoms with Crippen LogP contribution in [0.25, 0.3) is 10.8 Å². The van der Waals surface area contributed by atoms with E-state index in [0.717, 1.165) is 6.42 Å². The minimum Gasteiger partial charge on any atom is -0.299 e. The molecule has 1 nitrogen and oxygen atoms in total. The van der Waals surface area contributed by atoms with Gasteiger partial charge in [0, 0.05) is 12.8 Å². The van der Waals surface area contributed by atoms with Crippen molar-refractivity contribution in [3.8, 4) is 0 Å². The summed E-state index contributed by atoms with van der Waals surface area (Å²) in [7, 11) is 0. The molecule has 3 rings (SSSR count). The molecule has 86 valence electrons. The average Bonchev–Trinajstić information content (AvgIpc) is 3.13. The highest BCUT2D eigenvalue weighted by atomic mass is 16.1. The largest absolute Gasteiger partial charge is 0.299 e. The lowest BCUT2D eigenvalue weighted by Crippen LogP contribution is -2.03. The zero-order valence-corrected chi connectivity index (χ0v) is 9.86. The lowest BCUT2D eigenvalue weighted by Gasteiger charge is -2.05. The molecule has 0 radical (unpaired) electrons. The summed E-state index contributed by atoms with van der Waals surface area (Å²) in [6.45, 7) is 0. The molecule has 0 aromatic heterocycles. The number of carbonyl (C=O) groups excluding carboxylic acids is 1. The predicted octanol–water partition coefficient (Wildman–Crippen LogP) is 3.75. The summed E-state index contributed by atoms with van der Waals surface area (Å²) in [6.07, 6.45) is 3.88. The Morgan fingerprint density at radius 3 is 2.65 bits per heavy atom. The summed E-state index contributed by atoms with van der Waals surface area (Å²) >= 11 is 0. The molecular formula is C16H16O. The van der Waals surface area contributed by atoms with Gasteiger partial charge in [-0.2, -0.15) is 0 Å². The zero-order valence-electron chi connectivity index (χ0n) is 9.86. The molecule has 0 spiro atoms. The van der Waals surface area contributed by atoms with Gasteiger partial charge in [-0.3, -0.25) is 4.79 Å². The molecule has 1 fully saturated rings. The topological polar surface area (TPSA) is 17.1 Å². The summed E-state index contributed by atoms with van der Waals surface area (Å²) in [6, 6.07) is 14.5. The van der Waals surface area contributed by atoms with Crippen molar-refractivity contribution in [2.75, 3.05) is 0 Å². The molecule has 1 aliphatic rings. The van der Waals surface area contributed by atoms with Crippen LogP contribution in [0.2, 0.25) is 0 Å². The minimum absolute atomic E-state index is 0.392. The maximum Gasteiger partial charge on any atom is 0.137 e. The number of fused-ring (bicyclic) bond motifs is 1. The fraction of sp³-hybridized carbons (Fsp3) is 0.312. The van der Waals surface area contributed by atoms with Crippen LogP contribution in [-0.2, 0) is 11.2 Å². The highest BCUT2D eigenvalue weighted by Crippen LogP contribution is 2.33. The molecule has 1 saturated carbocycles. The second-order valence-electron chi connectivity index (χ2n) is 5.00. The maximum atomic E-state index is 11.9. The van der Waals surface area contributed by atoms with E-state index in [-0.39, 0.29) is 0 Å². The van der Waals surface area contributed by atoms with Crippen molar-refractivity contribution in [1.82, 2.24) is 0 Å². The van der Waals surface area contributed by atoms with Gasteiger partial charge in [0.25, 0.3) is 0 Å². The van der Waals surface area contributed by atoms with Gasteiger partial charge in [-0.25, -0.2) is 0 Å². The van der Waals surface area contributed by atoms with Crippen molar-refractivity contribution in [2.24, 2.45) is 5.92 Å². The molecule has 2 aromatic carbocycles. The van der Waals surface area contributed by atoms with Crippen LogP contribution in [-0.4, -0.2) is 5.78 Å². The number of benzene rings is 2. The van der Waals surface area contributed by atoms with Crippen LogP contribution in [0.15, 0.2) is 42.5 Å². The van der Waals surface area contributed by atoms with E-state index in [4.69, 9.17) is 0 Å². The van der Waals surface area contributed by atoms with E-state index in [1.54, 1.807) is 0 Å². The van der Waals surface area contributed by atoms with Gasteiger partial charge in [-0.15, -0.1) is 0 Å².